The third-order valence-electron chi connectivity index (χ3n) is 5.56. The van der Waals surface area contributed by atoms with Gasteiger partial charge in [0.25, 0.3) is 0 Å². The van der Waals surface area contributed by atoms with Gasteiger partial charge in [-0.15, -0.1) is 0 Å². The van der Waals surface area contributed by atoms with Gasteiger partial charge in [-0.25, -0.2) is 0 Å². The van der Waals surface area contributed by atoms with Crippen molar-refractivity contribution in [2.45, 2.75) is 25.9 Å². The first kappa shape index (κ1) is 18.3. The van der Waals surface area contributed by atoms with Crippen LogP contribution in [0.1, 0.15) is 29.8 Å². The first-order chi connectivity index (χ1) is 13.1. The van der Waals surface area contributed by atoms with Gasteiger partial charge < -0.3 is 9.88 Å². The maximum atomic E-state index is 13.5. The molecule has 0 saturated carbocycles. The Bertz CT molecular complexity index is 966. The van der Waals surface area contributed by atoms with E-state index in [1.165, 1.54) is 16.6 Å². The minimum atomic E-state index is -0.241. The Hall–Kier alpha value is -2.11. The van der Waals surface area contributed by atoms with Gasteiger partial charge in [0.05, 0.1) is 5.52 Å². The van der Waals surface area contributed by atoms with E-state index in [0.29, 0.717) is 6.54 Å². The van der Waals surface area contributed by atoms with Crippen molar-refractivity contribution in [3.8, 4) is 0 Å². The SMILES string of the molecule is CCN(C)C(C(=O)N1CCc2[nH]c3c(Br)cccc3c2C1)c1ccccc1. The number of H-pyrrole nitrogens is 1. The zero-order chi connectivity index (χ0) is 19.0. The minimum absolute atomic E-state index is 0.181. The summed E-state index contributed by atoms with van der Waals surface area (Å²) in [6.07, 6.45) is 0.861. The standard InChI is InChI=1S/C22H24BrN3O/c1-3-25(2)21(15-8-5-4-6-9-15)22(27)26-13-12-19-17(14-26)16-10-7-11-18(23)20(16)24-19/h4-11,21,24H,3,12-14H2,1-2H3. The fourth-order valence-corrected chi connectivity index (χ4v) is 4.43. The van der Waals surface area contributed by atoms with Crippen molar-refractivity contribution < 1.29 is 4.79 Å². The quantitative estimate of drug-likeness (QED) is 0.667. The van der Waals surface area contributed by atoms with Crippen LogP contribution in [-0.2, 0) is 17.8 Å². The summed E-state index contributed by atoms with van der Waals surface area (Å²) in [7, 11) is 2.02. The van der Waals surface area contributed by atoms with Crippen LogP contribution in [0.5, 0.6) is 0 Å². The third-order valence-corrected chi connectivity index (χ3v) is 6.22. The Morgan fingerprint density at radius 3 is 2.74 bits per heavy atom. The molecule has 3 aromatic rings. The normalized spacial score (nSPS) is 15.2. The molecule has 5 heteroatoms. The van der Waals surface area contributed by atoms with E-state index in [0.717, 1.165) is 35.1 Å². The Balaban J connectivity index is 1.67. The van der Waals surface area contributed by atoms with Crippen LogP contribution in [0.3, 0.4) is 0 Å². The molecule has 1 aliphatic rings. The molecule has 0 radical (unpaired) electrons. The van der Waals surface area contributed by atoms with Gasteiger partial charge in [0, 0.05) is 40.6 Å². The first-order valence-corrected chi connectivity index (χ1v) is 10.2. The smallest absolute Gasteiger partial charge is 0.244 e. The Morgan fingerprint density at radius 1 is 1.22 bits per heavy atom. The van der Waals surface area contributed by atoms with E-state index in [2.05, 4.69) is 50.9 Å². The molecule has 4 nitrogen and oxygen atoms in total. The molecular weight excluding hydrogens is 402 g/mol. The topological polar surface area (TPSA) is 39.3 Å². The number of carbonyl (C=O) groups excluding carboxylic acids is 1. The molecular formula is C22H24BrN3O. The molecule has 0 spiro atoms. The highest BCUT2D eigenvalue weighted by atomic mass is 79.9. The number of carbonyl (C=O) groups is 1. The number of benzene rings is 2. The lowest BCUT2D eigenvalue weighted by Crippen LogP contribution is -2.43. The molecule has 2 heterocycles. The largest absolute Gasteiger partial charge is 0.357 e. The predicted octanol–water partition coefficient (Wildman–Crippen LogP) is 4.51. The average molecular weight is 426 g/mol. The molecule has 140 valence electrons. The number of fused-ring (bicyclic) bond motifs is 3. The van der Waals surface area contributed by atoms with Crippen LogP contribution in [0.4, 0.5) is 0 Å². The van der Waals surface area contributed by atoms with Crippen LogP contribution in [0, 0.1) is 0 Å². The second-order valence-electron chi connectivity index (χ2n) is 7.14. The van der Waals surface area contributed by atoms with Gasteiger partial charge in [0.15, 0.2) is 0 Å². The van der Waals surface area contributed by atoms with Crippen LogP contribution in [0.2, 0.25) is 0 Å². The van der Waals surface area contributed by atoms with Gasteiger partial charge in [0.1, 0.15) is 6.04 Å². The molecule has 4 rings (SSSR count). The molecule has 0 bridgehead atoms. The lowest BCUT2D eigenvalue weighted by Gasteiger charge is -2.34. The first-order valence-electron chi connectivity index (χ1n) is 9.42. The molecule has 1 amide bonds. The molecule has 0 saturated heterocycles. The number of amides is 1. The molecule has 1 unspecified atom stereocenters. The van der Waals surface area contributed by atoms with Crippen molar-refractivity contribution >= 4 is 32.7 Å². The highest BCUT2D eigenvalue weighted by Gasteiger charge is 2.32. The molecule has 0 aliphatic carbocycles. The van der Waals surface area contributed by atoms with E-state index in [-0.39, 0.29) is 11.9 Å². The van der Waals surface area contributed by atoms with Crippen LogP contribution >= 0.6 is 15.9 Å². The van der Waals surface area contributed by atoms with Crippen molar-refractivity contribution in [2.75, 3.05) is 20.1 Å². The molecule has 1 aromatic heterocycles. The third kappa shape index (κ3) is 3.30. The minimum Gasteiger partial charge on any atom is -0.357 e. The van der Waals surface area contributed by atoms with Gasteiger partial charge in [-0.2, -0.15) is 0 Å². The van der Waals surface area contributed by atoms with Gasteiger partial charge in [-0.05, 0) is 41.2 Å². The van der Waals surface area contributed by atoms with Crippen LogP contribution in [-0.4, -0.2) is 40.8 Å². The fraction of sp³-hybridized carbons (Fsp3) is 0.318. The van der Waals surface area contributed by atoms with Crippen molar-refractivity contribution in [1.29, 1.82) is 0 Å². The molecule has 1 aliphatic heterocycles. The number of rotatable bonds is 4. The van der Waals surface area contributed by atoms with E-state index >= 15 is 0 Å². The Kier molecular flexibility index (Phi) is 5.06. The highest BCUT2D eigenvalue weighted by Crippen LogP contribution is 2.33. The molecule has 0 fully saturated rings. The van der Waals surface area contributed by atoms with Crippen LogP contribution in [0.25, 0.3) is 10.9 Å². The van der Waals surface area contributed by atoms with E-state index in [1.807, 2.05) is 42.3 Å². The lowest BCUT2D eigenvalue weighted by molar-refractivity contribution is -0.137. The maximum absolute atomic E-state index is 13.5. The number of nitrogens with zero attached hydrogens (tertiary/aromatic N) is 2. The number of halogens is 1. The van der Waals surface area contributed by atoms with Gasteiger partial charge in [0.2, 0.25) is 5.91 Å². The van der Waals surface area contributed by atoms with E-state index in [9.17, 15) is 4.79 Å². The van der Waals surface area contributed by atoms with Crippen molar-refractivity contribution in [3.05, 3.63) is 69.8 Å². The number of nitrogens with one attached hydrogen (secondary N) is 1. The summed E-state index contributed by atoms with van der Waals surface area (Å²) in [4.78, 5) is 21.2. The number of para-hydroxylation sites is 1. The van der Waals surface area contributed by atoms with Crippen molar-refractivity contribution in [2.24, 2.45) is 0 Å². The van der Waals surface area contributed by atoms with Crippen LogP contribution in [0.15, 0.2) is 53.0 Å². The van der Waals surface area contributed by atoms with Crippen molar-refractivity contribution in [3.63, 3.8) is 0 Å². The molecule has 2 aromatic carbocycles. The van der Waals surface area contributed by atoms with E-state index in [1.54, 1.807) is 0 Å². The summed E-state index contributed by atoms with van der Waals surface area (Å²) >= 11 is 3.63. The Morgan fingerprint density at radius 2 is 2.00 bits per heavy atom. The van der Waals surface area contributed by atoms with E-state index in [4.69, 9.17) is 0 Å². The van der Waals surface area contributed by atoms with Gasteiger partial charge in [-0.1, -0.05) is 49.4 Å². The summed E-state index contributed by atoms with van der Waals surface area (Å²) < 4.78 is 1.07. The zero-order valence-electron chi connectivity index (χ0n) is 15.7. The zero-order valence-corrected chi connectivity index (χ0v) is 17.3. The van der Waals surface area contributed by atoms with Gasteiger partial charge in [-0.3, -0.25) is 9.69 Å². The summed E-state index contributed by atoms with van der Waals surface area (Å²) in [6.45, 7) is 4.32. The van der Waals surface area contributed by atoms with Gasteiger partial charge >= 0.3 is 0 Å². The number of hydrogen-bond donors (Lipinski definition) is 1. The number of likely N-dealkylation sites (N-methyl/N-ethyl adjacent to an activating group) is 1. The molecule has 27 heavy (non-hydrogen) atoms. The fourth-order valence-electron chi connectivity index (χ4n) is 3.97. The number of aromatic amines is 1. The summed E-state index contributed by atoms with van der Waals surface area (Å²) in [5.41, 5.74) is 4.68. The second-order valence-corrected chi connectivity index (χ2v) is 8.00. The Labute approximate surface area is 168 Å². The predicted molar refractivity (Wildman–Crippen MR) is 113 cm³/mol. The van der Waals surface area contributed by atoms with Crippen LogP contribution < -0.4 is 0 Å². The maximum Gasteiger partial charge on any atom is 0.244 e. The molecule has 1 atom stereocenters. The number of hydrogen-bond acceptors (Lipinski definition) is 2. The summed E-state index contributed by atoms with van der Waals surface area (Å²) in [6, 6.07) is 16.1. The monoisotopic (exact) mass is 425 g/mol. The highest BCUT2D eigenvalue weighted by molar-refractivity contribution is 9.10. The van der Waals surface area contributed by atoms with E-state index < -0.39 is 0 Å². The second kappa shape index (κ2) is 7.49. The molecule has 1 N–H and O–H groups in total. The lowest BCUT2D eigenvalue weighted by atomic mass is 10.0. The number of aromatic nitrogens is 1. The summed E-state index contributed by atoms with van der Waals surface area (Å²) in [5, 5.41) is 1.21. The summed E-state index contributed by atoms with van der Waals surface area (Å²) in [5.74, 6) is 0.181. The average Bonchev–Trinajstić information content (AvgIpc) is 3.08. The van der Waals surface area contributed by atoms with Crippen molar-refractivity contribution in [1.82, 2.24) is 14.8 Å².